The monoisotopic (exact) mass is 380 g/mol. The van der Waals surface area contributed by atoms with Crippen molar-refractivity contribution in [2.24, 2.45) is 5.73 Å². The molecule has 0 unspecified atom stereocenters. The minimum absolute atomic E-state index is 0.146. The van der Waals surface area contributed by atoms with E-state index < -0.39 is 11.9 Å². The summed E-state index contributed by atoms with van der Waals surface area (Å²) in [7, 11) is 0. The highest BCUT2D eigenvalue weighted by molar-refractivity contribution is 8.00. The Bertz CT molecular complexity index is 1000. The van der Waals surface area contributed by atoms with Crippen LogP contribution in [0.4, 0.5) is 5.69 Å². The van der Waals surface area contributed by atoms with E-state index in [0.717, 1.165) is 16.0 Å². The molecule has 0 fully saturated rings. The maximum absolute atomic E-state index is 11.2. The first-order valence-corrected chi connectivity index (χ1v) is 8.75. The standard InChI is InChI=1S/C20H16N2O4S/c21-19(24)13-6-4-12(5-7-13)14-2-1-3-16(10-14)27-22-15-8-9-17(20(25)26)18(23)11-15/h1-11,22-23H,(H2,21,24)(H,25,26). The summed E-state index contributed by atoms with van der Waals surface area (Å²) in [5, 5.41) is 18.7. The van der Waals surface area contributed by atoms with E-state index in [1.54, 1.807) is 18.2 Å². The second-order valence-corrected chi connectivity index (χ2v) is 6.59. The number of aromatic carboxylic acids is 1. The molecule has 0 saturated heterocycles. The SMILES string of the molecule is NC(=O)c1ccc(-c2cccc(SNc3ccc(C(=O)O)c(O)c3)c2)cc1. The average molecular weight is 380 g/mol. The van der Waals surface area contributed by atoms with Crippen molar-refractivity contribution in [3.05, 3.63) is 77.9 Å². The van der Waals surface area contributed by atoms with Crippen molar-refractivity contribution in [2.45, 2.75) is 4.90 Å². The summed E-state index contributed by atoms with van der Waals surface area (Å²) < 4.78 is 3.07. The minimum atomic E-state index is -1.18. The molecule has 0 bridgehead atoms. The van der Waals surface area contributed by atoms with Gasteiger partial charge in [0.2, 0.25) is 5.91 Å². The molecule has 27 heavy (non-hydrogen) atoms. The highest BCUT2D eigenvalue weighted by Crippen LogP contribution is 2.29. The number of rotatable bonds is 6. The van der Waals surface area contributed by atoms with Crippen molar-refractivity contribution in [3.63, 3.8) is 0 Å². The Labute approximate surface area is 159 Å². The van der Waals surface area contributed by atoms with Crippen molar-refractivity contribution < 1.29 is 19.8 Å². The van der Waals surface area contributed by atoms with E-state index in [-0.39, 0.29) is 11.3 Å². The van der Waals surface area contributed by atoms with E-state index >= 15 is 0 Å². The van der Waals surface area contributed by atoms with Gasteiger partial charge in [-0.2, -0.15) is 0 Å². The quantitative estimate of drug-likeness (QED) is 0.481. The fourth-order valence-corrected chi connectivity index (χ4v) is 3.16. The fraction of sp³-hybridized carbons (Fsp3) is 0. The van der Waals surface area contributed by atoms with Gasteiger partial charge in [0.1, 0.15) is 11.3 Å². The Kier molecular flexibility index (Phi) is 5.33. The smallest absolute Gasteiger partial charge is 0.339 e. The third kappa shape index (κ3) is 4.39. The van der Waals surface area contributed by atoms with E-state index in [9.17, 15) is 14.7 Å². The predicted molar refractivity (Wildman–Crippen MR) is 105 cm³/mol. The highest BCUT2D eigenvalue weighted by Gasteiger charge is 2.10. The molecule has 0 atom stereocenters. The van der Waals surface area contributed by atoms with Gasteiger partial charge in [-0.25, -0.2) is 4.79 Å². The molecule has 7 heteroatoms. The Hall–Kier alpha value is -3.45. The summed E-state index contributed by atoms with van der Waals surface area (Å²) in [6.45, 7) is 0. The lowest BCUT2D eigenvalue weighted by Crippen LogP contribution is -2.10. The van der Waals surface area contributed by atoms with Crippen molar-refractivity contribution in [3.8, 4) is 16.9 Å². The lowest BCUT2D eigenvalue weighted by atomic mass is 10.0. The number of amides is 1. The largest absolute Gasteiger partial charge is 0.507 e. The van der Waals surface area contributed by atoms with Crippen LogP contribution in [-0.2, 0) is 0 Å². The first-order valence-electron chi connectivity index (χ1n) is 7.93. The number of hydrogen-bond donors (Lipinski definition) is 4. The zero-order valence-electron chi connectivity index (χ0n) is 14.0. The van der Waals surface area contributed by atoms with Crippen molar-refractivity contribution in [1.82, 2.24) is 0 Å². The molecule has 5 N–H and O–H groups in total. The molecule has 1 amide bonds. The minimum Gasteiger partial charge on any atom is -0.507 e. The van der Waals surface area contributed by atoms with Crippen LogP contribution in [0, 0.1) is 0 Å². The first kappa shape index (κ1) is 18.3. The molecule has 0 spiro atoms. The number of carbonyl (C=O) groups is 2. The van der Waals surface area contributed by atoms with Crippen LogP contribution < -0.4 is 10.5 Å². The zero-order chi connectivity index (χ0) is 19.4. The van der Waals surface area contributed by atoms with Crippen molar-refractivity contribution in [1.29, 1.82) is 0 Å². The molecule has 3 aromatic carbocycles. The van der Waals surface area contributed by atoms with Crippen molar-refractivity contribution in [2.75, 3.05) is 4.72 Å². The van der Waals surface area contributed by atoms with Crippen LogP contribution in [0.1, 0.15) is 20.7 Å². The van der Waals surface area contributed by atoms with Crippen molar-refractivity contribution >= 4 is 29.5 Å². The number of benzene rings is 3. The Morgan fingerprint density at radius 2 is 1.67 bits per heavy atom. The molecule has 0 aliphatic rings. The Morgan fingerprint density at radius 3 is 2.30 bits per heavy atom. The highest BCUT2D eigenvalue weighted by atomic mass is 32.2. The van der Waals surface area contributed by atoms with Crippen LogP contribution in [-0.4, -0.2) is 22.1 Å². The number of primary amides is 1. The number of carboxylic acid groups (broad SMARTS) is 1. The van der Waals surface area contributed by atoms with Gasteiger partial charge in [-0.05, 0) is 59.5 Å². The van der Waals surface area contributed by atoms with Crippen LogP contribution >= 0.6 is 11.9 Å². The second-order valence-electron chi connectivity index (χ2n) is 5.71. The molecular weight excluding hydrogens is 364 g/mol. The van der Waals surface area contributed by atoms with Gasteiger partial charge >= 0.3 is 5.97 Å². The van der Waals surface area contributed by atoms with Gasteiger partial charge in [0.25, 0.3) is 0 Å². The molecule has 3 aromatic rings. The van der Waals surface area contributed by atoms with E-state index in [1.165, 1.54) is 24.1 Å². The number of carboxylic acids is 1. The lowest BCUT2D eigenvalue weighted by Gasteiger charge is -2.09. The molecule has 0 aliphatic carbocycles. The summed E-state index contributed by atoms with van der Waals surface area (Å²) in [4.78, 5) is 23.0. The van der Waals surface area contributed by atoms with E-state index in [2.05, 4.69) is 4.72 Å². The lowest BCUT2D eigenvalue weighted by molar-refractivity contribution is 0.0693. The molecule has 0 aliphatic heterocycles. The number of aromatic hydroxyl groups is 1. The van der Waals surface area contributed by atoms with Crippen LogP contribution in [0.25, 0.3) is 11.1 Å². The third-order valence-electron chi connectivity index (χ3n) is 3.85. The zero-order valence-corrected chi connectivity index (χ0v) is 14.9. The molecule has 3 rings (SSSR count). The molecule has 0 aromatic heterocycles. The number of hydrogen-bond acceptors (Lipinski definition) is 5. The maximum Gasteiger partial charge on any atom is 0.339 e. The van der Waals surface area contributed by atoms with Gasteiger partial charge in [-0.3, -0.25) is 4.79 Å². The van der Waals surface area contributed by atoms with Gasteiger partial charge in [-0.15, -0.1) is 0 Å². The molecule has 0 saturated carbocycles. The summed E-state index contributed by atoms with van der Waals surface area (Å²) in [6.07, 6.45) is 0. The maximum atomic E-state index is 11.2. The molecular formula is C20H16N2O4S. The second kappa shape index (κ2) is 7.84. The van der Waals surface area contributed by atoms with Gasteiger partial charge < -0.3 is 20.7 Å². The van der Waals surface area contributed by atoms with Gasteiger partial charge in [0.15, 0.2) is 0 Å². The number of nitrogens with one attached hydrogen (secondary N) is 1. The summed E-state index contributed by atoms with van der Waals surface area (Å²) in [5.74, 6) is -1.94. The van der Waals surface area contributed by atoms with Crippen LogP contribution in [0.15, 0.2) is 71.6 Å². The first-order chi connectivity index (χ1) is 12.9. The van der Waals surface area contributed by atoms with Gasteiger partial charge in [0.05, 0.1) is 0 Å². The molecule has 0 radical (unpaired) electrons. The van der Waals surface area contributed by atoms with Crippen LogP contribution in [0.2, 0.25) is 0 Å². The Balaban J connectivity index is 1.73. The molecule has 136 valence electrons. The topological polar surface area (TPSA) is 113 Å². The summed E-state index contributed by atoms with van der Waals surface area (Å²) >= 11 is 1.33. The molecule has 6 nitrogen and oxygen atoms in total. The van der Waals surface area contributed by atoms with E-state index in [4.69, 9.17) is 10.8 Å². The number of anilines is 1. The molecule has 0 heterocycles. The summed E-state index contributed by atoms with van der Waals surface area (Å²) in [6, 6.07) is 19.1. The third-order valence-corrected chi connectivity index (χ3v) is 4.68. The average Bonchev–Trinajstić information content (AvgIpc) is 2.66. The fourth-order valence-electron chi connectivity index (χ4n) is 2.46. The Morgan fingerprint density at radius 1 is 0.926 bits per heavy atom. The van der Waals surface area contributed by atoms with Gasteiger partial charge in [-0.1, -0.05) is 24.3 Å². The normalized spacial score (nSPS) is 10.4. The number of carbonyl (C=O) groups excluding carboxylic acids is 1. The van der Waals surface area contributed by atoms with Crippen LogP contribution in [0.5, 0.6) is 5.75 Å². The van der Waals surface area contributed by atoms with E-state index in [1.807, 2.05) is 36.4 Å². The van der Waals surface area contributed by atoms with Crippen LogP contribution in [0.3, 0.4) is 0 Å². The van der Waals surface area contributed by atoms with E-state index in [0.29, 0.717) is 11.3 Å². The number of phenols is 1. The summed E-state index contributed by atoms with van der Waals surface area (Å²) in [5.41, 5.74) is 8.07. The predicted octanol–water partition coefficient (Wildman–Crippen LogP) is 3.98. The van der Waals surface area contributed by atoms with Gasteiger partial charge in [0, 0.05) is 22.2 Å². The number of nitrogens with two attached hydrogens (primary N) is 1.